The SMILES string of the molecule is O=C(Cn1ncnc1-c1ccccc1Cl)NCC(F)(F)F. The van der Waals surface area contributed by atoms with Crippen molar-refractivity contribution >= 4 is 17.5 Å². The van der Waals surface area contributed by atoms with E-state index in [0.29, 0.717) is 16.4 Å². The summed E-state index contributed by atoms with van der Waals surface area (Å²) in [7, 11) is 0. The Kier molecular flexibility index (Phi) is 4.46. The van der Waals surface area contributed by atoms with Crippen LogP contribution in [0.5, 0.6) is 0 Å². The first-order valence-corrected chi connectivity index (χ1v) is 6.21. The molecule has 0 aliphatic rings. The van der Waals surface area contributed by atoms with Gasteiger partial charge in [-0.1, -0.05) is 23.7 Å². The molecule has 0 bridgehead atoms. The maximum atomic E-state index is 12.0. The van der Waals surface area contributed by atoms with Crippen molar-refractivity contribution in [3.05, 3.63) is 35.6 Å². The third-order valence-corrected chi connectivity index (χ3v) is 2.84. The molecule has 9 heteroatoms. The summed E-state index contributed by atoms with van der Waals surface area (Å²) >= 11 is 6.01. The predicted molar refractivity (Wildman–Crippen MR) is 69.5 cm³/mol. The average Bonchev–Trinajstić information content (AvgIpc) is 2.84. The van der Waals surface area contributed by atoms with E-state index in [4.69, 9.17) is 11.6 Å². The Balaban J connectivity index is 2.11. The van der Waals surface area contributed by atoms with E-state index in [1.54, 1.807) is 29.6 Å². The average molecular weight is 319 g/mol. The molecular weight excluding hydrogens is 309 g/mol. The molecule has 0 saturated carbocycles. The zero-order valence-electron chi connectivity index (χ0n) is 10.6. The van der Waals surface area contributed by atoms with Crippen molar-refractivity contribution < 1.29 is 18.0 Å². The number of halogens is 4. The van der Waals surface area contributed by atoms with Crippen molar-refractivity contribution in [2.45, 2.75) is 12.7 Å². The van der Waals surface area contributed by atoms with Crippen molar-refractivity contribution in [1.29, 1.82) is 0 Å². The molecule has 112 valence electrons. The fourth-order valence-corrected chi connectivity index (χ4v) is 1.84. The van der Waals surface area contributed by atoms with Gasteiger partial charge in [0.1, 0.15) is 19.4 Å². The van der Waals surface area contributed by atoms with Gasteiger partial charge in [-0.05, 0) is 12.1 Å². The molecule has 0 radical (unpaired) electrons. The van der Waals surface area contributed by atoms with Gasteiger partial charge in [-0.3, -0.25) is 4.79 Å². The number of rotatable bonds is 4. The summed E-state index contributed by atoms with van der Waals surface area (Å²) < 4.78 is 37.3. The van der Waals surface area contributed by atoms with E-state index in [1.807, 2.05) is 0 Å². The molecule has 0 spiro atoms. The minimum atomic E-state index is -4.45. The monoisotopic (exact) mass is 318 g/mol. The highest BCUT2D eigenvalue weighted by Crippen LogP contribution is 2.25. The van der Waals surface area contributed by atoms with Crippen LogP contribution >= 0.6 is 11.6 Å². The summed E-state index contributed by atoms with van der Waals surface area (Å²) in [6.07, 6.45) is -3.25. The molecule has 2 aromatic rings. The van der Waals surface area contributed by atoms with Gasteiger partial charge in [-0.2, -0.15) is 18.3 Å². The number of hydrogen-bond acceptors (Lipinski definition) is 3. The van der Waals surface area contributed by atoms with Gasteiger partial charge in [0, 0.05) is 5.56 Å². The van der Waals surface area contributed by atoms with Crippen LogP contribution in [0.2, 0.25) is 5.02 Å². The van der Waals surface area contributed by atoms with E-state index in [-0.39, 0.29) is 6.54 Å². The molecule has 0 unspecified atom stereocenters. The van der Waals surface area contributed by atoms with E-state index in [2.05, 4.69) is 10.1 Å². The van der Waals surface area contributed by atoms with Crippen LogP contribution in [0, 0.1) is 0 Å². The third-order valence-electron chi connectivity index (χ3n) is 2.51. The number of amides is 1. The molecule has 1 N–H and O–H groups in total. The highest BCUT2D eigenvalue weighted by molar-refractivity contribution is 6.33. The van der Waals surface area contributed by atoms with Crippen LogP contribution in [0.1, 0.15) is 0 Å². The molecule has 0 saturated heterocycles. The Morgan fingerprint density at radius 3 is 2.71 bits per heavy atom. The molecule has 21 heavy (non-hydrogen) atoms. The van der Waals surface area contributed by atoms with Crippen molar-refractivity contribution in [1.82, 2.24) is 20.1 Å². The maximum absolute atomic E-state index is 12.0. The fourth-order valence-electron chi connectivity index (χ4n) is 1.62. The number of benzene rings is 1. The summed E-state index contributed by atoms with van der Waals surface area (Å²) in [6, 6.07) is 6.77. The van der Waals surface area contributed by atoms with Gasteiger partial charge in [-0.25, -0.2) is 9.67 Å². The summed E-state index contributed by atoms with van der Waals surface area (Å²) in [6.45, 7) is -1.77. The summed E-state index contributed by atoms with van der Waals surface area (Å²) in [5.41, 5.74) is 0.542. The van der Waals surface area contributed by atoms with Crippen LogP contribution in [-0.2, 0) is 11.3 Å². The molecule has 1 amide bonds. The lowest BCUT2D eigenvalue weighted by Gasteiger charge is -2.10. The second-order valence-corrected chi connectivity index (χ2v) is 4.52. The summed E-state index contributed by atoms with van der Waals surface area (Å²) in [5, 5.41) is 6.00. The maximum Gasteiger partial charge on any atom is 0.405 e. The van der Waals surface area contributed by atoms with Gasteiger partial charge in [0.15, 0.2) is 5.82 Å². The molecule has 0 aliphatic carbocycles. The molecule has 1 aromatic heterocycles. The van der Waals surface area contributed by atoms with Crippen LogP contribution < -0.4 is 5.32 Å². The van der Waals surface area contributed by atoms with Crippen LogP contribution in [0.25, 0.3) is 11.4 Å². The highest BCUT2D eigenvalue weighted by atomic mass is 35.5. The zero-order chi connectivity index (χ0) is 15.5. The minimum absolute atomic E-state index is 0.308. The van der Waals surface area contributed by atoms with Crippen LogP contribution in [0.3, 0.4) is 0 Å². The first-order chi connectivity index (χ1) is 9.87. The van der Waals surface area contributed by atoms with Gasteiger partial charge in [0.05, 0.1) is 5.02 Å². The van der Waals surface area contributed by atoms with Gasteiger partial charge in [-0.15, -0.1) is 0 Å². The molecule has 0 atom stereocenters. The number of carbonyl (C=O) groups excluding carboxylic acids is 1. The smallest absolute Gasteiger partial charge is 0.345 e. The second-order valence-electron chi connectivity index (χ2n) is 4.11. The molecule has 0 aliphatic heterocycles. The largest absolute Gasteiger partial charge is 0.405 e. The number of hydrogen-bond donors (Lipinski definition) is 1. The van der Waals surface area contributed by atoms with Crippen molar-refractivity contribution in [3.63, 3.8) is 0 Å². The zero-order valence-corrected chi connectivity index (χ0v) is 11.3. The van der Waals surface area contributed by atoms with Crippen molar-refractivity contribution in [2.24, 2.45) is 0 Å². The lowest BCUT2D eigenvalue weighted by atomic mass is 10.2. The summed E-state index contributed by atoms with van der Waals surface area (Å²) in [5.74, 6) is -0.506. The number of carbonyl (C=O) groups is 1. The molecule has 5 nitrogen and oxygen atoms in total. The van der Waals surface area contributed by atoms with Crippen LogP contribution in [0.4, 0.5) is 13.2 Å². The third kappa shape index (κ3) is 4.19. The van der Waals surface area contributed by atoms with Gasteiger partial charge in [0.25, 0.3) is 0 Å². The Bertz CT molecular complexity index is 641. The van der Waals surface area contributed by atoms with E-state index in [1.165, 1.54) is 11.0 Å². The molecule has 1 aromatic carbocycles. The van der Waals surface area contributed by atoms with Gasteiger partial charge in [0.2, 0.25) is 5.91 Å². The number of alkyl halides is 3. The highest BCUT2D eigenvalue weighted by Gasteiger charge is 2.27. The Morgan fingerprint density at radius 1 is 1.33 bits per heavy atom. The van der Waals surface area contributed by atoms with E-state index < -0.39 is 18.6 Å². The van der Waals surface area contributed by atoms with E-state index >= 15 is 0 Å². The molecule has 1 heterocycles. The topological polar surface area (TPSA) is 59.8 Å². The van der Waals surface area contributed by atoms with Crippen molar-refractivity contribution in [2.75, 3.05) is 6.54 Å². The quantitative estimate of drug-likeness (QED) is 0.941. The van der Waals surface area contributed by atoms with Crippen molar-refractivity contribution in [3.8, 4) is 11.4 Å². The fraction of sp³-hybridized carbons (Fsp3) is 0.250. The van der Waals surface area contributed by atoms with Crippen LogP contribution in [0.15, 0.2) is 30.6 Å². The van der Waals surface area contributed by atoms with Gasteiger partial charge < -0.3 is 5.32 Å². The molecule has 0 fully saturated rings. The van der Waals surface area contributed by atoms with E-state index in [9.17, 15) is 18.0 Å². The minimum Gasteiger partial charge on any atom is -0.345 e. The summed E-state index contributed by atoms with van der Waals surface area (Å²) in [4.78, 5) is 15.5. The van der Waals surface area contributed by atoms with Crippen LogP contribution in [-0.4, -0.2) is 33.4 Å². The van der Waals surface area contributed by atoms with Gasteiger partial charge >= 0.3 is 6.18 Å². The lowest BCUT2D eigenvalue weighted by molar-refractivity contribution is -0.138. The number of nitrogens with one attached hydrogen (secondary N) is 1. The first-order valence-electron chi connectivity index (χ1n) is 5.83. The predicted octanol–water partition coefficient (Wildman–Crippen LogP) is 2.28. The normalized spacial score (nSPS) is 11.4. The first kappa shape index (κ1) is 15.3. The number of nitrogens with zero attached hydrogens (tertiary/aromatic N) is 3. The Labute approximate surface area is 122 Å². The molecular formula is C12H10ClF3N4O. The number of aromatic nitrogens is 3. The Hall–Kier alpha value is -2.09. The second kappa shape index (κ2) is 6.13. The molecule has 2 rings (SSSR count). The lowest BCUT2D eigenvalue weighted by Crippen LogP contribution is -2.36. The van der Waals surface area contributed by atoms with E-state index in [0.717, 1.165) is 0 Å². The standard InChI is InChI=1S/C12H10ClF3N4O/c13-9-4-2-1-3-8(9)11-18-7-19-20(11)5-10(21)17-6-12(14,15)16/h1-4,7H,5-6H2,(H,17,21). The Morgan fingerprint density at radius 2 is 2.05 bits per heavy atom.